The van der Waals surface area contributed by atoms with Crippen LogP contribution in [0.5, 0.6) is 0 Å². The van der Waals surface area contributed by atoms with Gasteiger partial charge in [-0.3, -0.25) is 14.8 Å². The van der Waals surface area contributed by atoms with Crippen LogP contribution in [-0.2, 0) is 4.79 Å². The predicted octanol–water partition coefficient (Wildman–Crippen LogP) is 9.52. The molecule has 5 nitrogen and oxygen atoms in total. The van der Waals surface area contributed by atoms with Crippen molar-refractivity contribution in [2.45, 2.75) is 35.8 Å². The van der Waals surface area contributed by atoms with Crippen LogP contribution in [0.15, 0.2) is 180 Å². The summed E-state index contributed by atoms with van der Waals surface area (Å²) < 4.78 is 29.2. The molecule has 6 aromatic rings. The maximum Gasteiger partial charge on any atom is 0.190 e. The molecule has 254 valence electrons. The quantitative estimate of drug-likeness (QED) is 0.176. The zero-order valence-electron chi connectivity index (χ0n) is 28.2. The number of hydrogen-bond donors (Lipinski definition) is 0. The first-order valence-corrected chi connectivity index (χ1v) is 17.5. The zero-order valence-corrected chi connectivity index (χ0v) is 28.2. The Labute approximate surface area is 301 Å². The minimum atomic E-state index is -1.24. The maximum atomic E-state index is 16.6. The molecule has 2 aliphatic heterocycles. The molecule has 0 bridgehead atoms. The van der Waals surface area contributed by atoms with Crippen molar-refractivity contribution >= 4 is 28.6 Å². The number of para-hydroxylation sites is 2. The molecule has 4 unspecified atom stereocenters. The molecule has 4 atom stereocenters. The highest BCUT2D eigenvalue weighted by atomic mass is 19.1. The van der Waals surface area contributed by atoms with Gasteiger partial charge >= 0.3 is 0 Å². The molecule has 6 aromatic carbocycles. The zero-order chi connectivity index (χ0) is 35.3. The number of nitrogens with zero attached hydrogens (tertiary/aromatic N) is 4. The maximum absolute atomic E-state index is 16.6. The topological polar surface area (TPSA) is 48.3 Å². The number of rotatable bonds is 6. The van der Waals surface area contributed by atoms with Crippen molar-refractivity contribution in [3.05, 3.63) is 204 Å². The van der Waals surface area contributed by atoms with Gasteiger partial charge in [0.15, 0.2) is 5.78 Å². The van der Waals surface area contributed by atoms with Crippen molar-refractivity contribution in [3.63, 3.8) is 0 Å². The van der Waals surface area contributed by atoms with E-state index in [1.165, 1.54) is 24.3 Å². The predicted molar refractivity (Wildman–Crippen MR) is 202 cm³/mol. The third-order valence-corrected chi connectivity index (χ3v) is 10.9. The van der Waals surface area contributed by atoms with E-state index in [0.29, 0.717) is 12.8 Å². The largest absolute Gasteiger partial charge is 0.294 e. The van der Waals surface area contributed by atoms with E-state index in [9.17, 15) is 8.78 Å². The van der Waals surface area contributed by atoms with Crippen molar-refractivity contribution in [2.24, 2.45) is 10.2 Å². The Kier molecular flexibility index (Phi) is 7.65. The van der Waals surface area contributed by atoms with Crippen LogP contribution >= 0.6 is 0 Å². The van der Waals surface area contributed by atoms with Gasteiger partial charge < -0.3 is 0 Å². The summed E-state index contributed by atoms with van der Waals surface area (Å²) in [5.41, 5.74) is 3.88. The Morgan fingerprint density at radius 3 is 1.13 bits per heavy atom. The number of Topliss-reactive ketones (excluding diaryl/α,β-unsaturated/α-hetero) is 1. The fourth-order valence-corrected chi connectivity index (χ4v) is 8.70. The van der Waals surface area contributed by atoms with Crippen molar-refractivity contribution in [2.75, 3.05) is 10.0 Å². The minimum absolute atomic E-state index is 0.0549. The number of hydrogen-bond acceptors (Lipinski definition) is 5. The van der Waals surface area contributed by atoms with Crippen LogP contribution in [0.3, 0.4) is 0 Å². The number of hydrazone groups is 2. The molecule has 9 rings (SSSR count). The second kappa shape index (κ2) is 12.5. The van der Waals surface area contributed by atoms with E-state index in [1.807, 2.05) is 131 Å². The summed E-state index contributed by atoms with van der Waals surface area (Å²) in [6.07, 6.45) is 0.836. The Bertz CT molecular complexity index is 2130. The molecule has 1 fully saturated rings. The first-order chi connectivity index (χ1) is 25.5. The van der Waals surface area contributed by atoms with Crippen molar-refractivity contribution < 1.29 is 13.6 Å². The highest BCUT2D eigenvalue weighted by Crippen LogP contribution is 2.60. The summed E-state index contributed by atoms with van der Waals surface area (Å²) in [5, 5.41) is 14.6. The molecule has 7 heteroatoms. The third kappa shape index (κ3) is 4.83. The minimum Gasteiger partial charge on any atom is -0.294 e. The van der Waals surface area contributed by atoms with Gasteiger partial charge in [0.05, 0.1) is 34.6 Å². The number of ketones is 1. The van der Waals surface area contributed by atoms with Gasteiger partial charge in [0.25, 0.3) is 0 Å². The molecule has 0 N–H and O–H groups in total. The standard InChI is InChI=1S/C45H34F2N4O/c46-35-25-21-31(22-26-35)39-41(33-13-5-1-6-14-33)48-50(37-17-9-3-10-18-37)44(39)29-30-45(43(44)52)40(32-23-27-36(47)28-24-32)42(34-15-7-2-8-16-34)49-51(45)38-19-11-4-12-20-38/h1-28,39-40H,29-30H2. The molecular formula is C45H34F2N4O. The summed E-state index contributed by atoms with van der Waals surface area (Å²) in [4.78, 5) is 16.6. The number of carbonyl (C=O) groups is 1. The molecule has 0 radical (unpaired) electrons. The molecule has 2 spiro atoms. The third-order valence-electron chi connectivity index (χ3n) is 10.9. The molecule has 1 aliphatic carbocycles. The lowest BCUT2D eigenvalue weighted by molar-refractivity contribution is -0.126. The fraction of sp³-hybridized carbons (Fsp3) is 0.133. The summed E-state index contributed by atoms with van der Waals surface area (Å²) in [6.45, 7) is 0. The van der Waals surface area contributed by atoms with Gasteiger partial charge in [-0.2, -0.15) is 10.2 Å². The summed E-state index contributed by atoms with van der Waals surface area (Å²) in [5.74, 6) is -1.89. The van der Waals surface area contributed by atoms with E-state index >= 15 is 4.79 Å². The molecule has 1 saturated carbocycles. The van der Waals surface area contributed by atoms with Gasteiger partial charge in [0, 0.05) is 0 Å². The summed E-state index contributed by atoms with van der Waals surface area (Å²) in [7, 11) is 0. The molecule has 0 aromatic heterocycles. The van der Waals surface area contributed by atoms with Crippen LogP contribution in [-0.4, -0.2) is 28.3 Å². The number of halogens is 2. The Balaban J connectivity index is 1.33. The van der Waals surface area contributed by atoms with E-state index in [2.05, 4.69) is 0 Å². The number of carbonyl (C=O) groups excluding carboxylic acids is 1. The van der Waals surface area contributed by atoms with Gasteiger partial charge in [-0.15, -0.1) is 0 Å². The molecule has 0 amide bonds. The molecule has 2 heterocycles. The van der Waals surface area contributed by atoms with Crippen molar-refractivity contribution in [1.29, 1.82) is 0 Å². The van der Waals surface area contributed by atoms with Gasteiger partial charge in [-0.05, 0) is 83.6 Å². The van der Waals surface area contributed by atoms with E-state index < -0.39 is 22.9 Å². The monoisotopic (exact) mass is 684 g/mol. The lowest BCUT2D eigenvalue weighted by atomic mass is 9.68. The molecular weight excluding hydrogens is 651 g/mol. The first kappa shape index (κ1) is 31.7. The van der Waals surface area contributed by atoms with Gasteiger partial charge in [0.1, 0.15) is 22.7 Å². The highest BCUT2D eigenvalue weighted by molar-refractivity contribution is 6.21. The average molecular weight is 685 g/mol. The van der Waals surface area contributed by atoms with Crippen LogP contribution in [0.4, 0.5) is 20.2 Å². The van der Waals surface area contributed by atoms with Gasteiger partial charge in [-0.1, -0.05) is 121 Å². The fourth-order valence-electron chi connectivity index (χ4n) is 8.70. The van der Waals surface area contributed by atoms with Crippen LogP contribution < -0.4 is 10.0 Å². The molecule has 52 heavy (non-hydrogen) atoms. The van der Waals surface area contributed by atoms with E-state index in [4.69, 9.17) is 10.2 Å². The number of benzene rings is 6. The van der Waals surface area contributed by atoms with Crippen LogP contribution in [0, 0.1) is 11.6 Å². The molecule has 0 saturated heterocycles. The van der Waals surface area contributed by atoms with E-state index in [0.717, 1.165) is 45.1 Å². The number of anilines is 2. The van der Waals surface area contributed by atoms with Gasteiger partial charge in [-0.25, -0.2) is 8.78 Å². The van der Waals surface area contributed by atoms with Crippen LogP contribution in [0.2, 0.25) is 0 Å². The van der Waals surface area contributed by atoms with Crippen molar-refractivity contribution in [1.82, 2.24) is 0 Å². The van der Waals surface area contributed by atoms with E-state index in [-0.39, 0.29) is 17.4 Å². The SMILES string of the molecule is O=C1C2(CCC13C(c1ccc(F)cc1)C(c1ccccc1)=NN3c1ccccc1)C(c1ccc(F)cc1)C(c1ccccc1)=NN2c1ccccc1. The smallest absolute Gasteiger partial charge is 0.190 e. The van der Waals surface area contributed by atoms with E-state index in [1.54, 1.807) is 24.3 Å². The Morgan fingerprint density at radius 1 is 0.462 bits per heavy atom. The van der Waals surface area contributed by atoms with Gasteiger partial charge in [0.2, 0.25) is 0 Å². The summed E-state index contributed by atoms with van der Waals surface area (Å²) in [6, 6.07) is 52.4. The average Bonchev–Trinajstić information content (AvgIpc) is 3.84. The lowest BCUT2D eigenvalue weighted by Gasteiger charge is -2.42. The Hall–Kier alpha value is -6.21. The summed E-state index contributed by atoms with van der Waals surface area (Å²) >= 11 is 0. The highest BCUT2D eigenvalue weighted by Gasteiger charge is 2.72. The first-order valence-electron chi connectivity index (χ1n) is 17.5. The second-order valence-electron chi connectivity index (χ2n) is 13.6. The van der Waals surface area contributed by atoms with Crippen molar-refractivity contribution in [3.8, 4) is 0 Å². The second-order valence-corrected chi connectivity index (χ2v) is 13.6. The normalized spacial score (nSPS) is 23.8. The van der Waals surface area contributed by atoms with Crippen LogP contribution in [0.25, 0.3) is 0 Å². The molecule has 3 aliphatic rings. The Morgan fingerprint density at radius 2 is 0.788 bits per heavy atom. The van der Waals surface area contributed by atoms with Crippen LogP contribution in [0.1, 0.15) is 46.9 Å². The lowest BCUT2D eigenvalue weighted by Crippen LogP contribution is -2.61.